The van der Waals surface area contributed by atoms with Gasteiger partial charge in [-0.2, -0.15) is 0 Å². The van der Waals surface area contributed by atoms with Crippen molar-refractivity contribution in [3.05, 3.63) is 99.7 Å². The molecule has 32 heavy (non-hydrogen) atoms. The number of imide groups is 1. The maximum absolute atomic E-state index is 12.9. The number of carbonyl (C=O) groups is 3. The van der Waals surface area contributed by atoms with Gasteiger partial charge in [-0.1, -0.05) is 59.1 Å². The molecule has 3 aromatic carbocycles. The van der Waals surface area contributed by atoms with E-state index < -0.39 is 11.8 Å². The molecule has 6 nitrogen and oxygen atoms in total. The molecule has 0 spiro atoms. The molecule has 1 aliphatic rings. The predicted octanol–water partition coefficient (Wildman–Crippen LogP) is 5.34. The Hall–Kier alpha value is -3.61. The largest absolute Gasteiger partial charge is 0.350 e. The van der Waals surface area contributed by atoms with Crippen LogP contribution in [0.5, 0.6) is 0 Å². The summed E-state index contributed by atoms with van der Waals surface area (Å²) >= 11 is 12.3. The first-order chi connectivity index (χ1) is 15.3. The molecular formula is C24H17Cl2N3O3. The summed E-state index contributed by atoms with van der Waals surface area (Å²) < 4.78 is 0. The highest BCUT2D eigenvalue weighted by Crippen LogP contribution is 2.34. The third-order valence-electron chi connectivity index (χ3n) is 4.82. The number of anilines is 3. The number of nitrogens with one attached hydrogen (secondary N) is 2. The second-order valence-electron chi connectivity index (χ2n) is 7.11. The van der Waals surface area contributed by atoms with Crippen molar-refractivity contribution in [1.29, 1.82) is 0 Å². The highest BCUT2D eigenvalue weighted by atomic mass is 35.5. The number of hydrogen-bond acceptors (Lipinski definition) is 4. The molecule has 4 rings (SSSR count). The molecule has 0 unspecified atom stereocenters. The van der Waals surface area contributed by atoms with E-state index in [2.05, 4.69) is 10.6 Å². The minimum atomic E-state index is -0.680. The quantitative estimate of drug-likeness (QED) is 0.498. The van der Waals surface area contributed by atoms with Crippen LogP contribution in [0.3, 0.4) is 0 Å². The van der Waals surface area contributed by atoms with E-state index in [0.717, 1.165) is 10.5 Å². The molecule has 8 heteroatoms. The lowest BCUT2D eigenvalue weighted by atomic mass is 10.1. The average Bonchev–Trinajstić information content (AvgIpc) is 2.99. The predicted molar refractivity (Wildman–Crippen MR) is 126 cm³/mol. The first kappa shape index (κ1) is 21.6. The number of amides is 3. The van der Waals surface area contributed by atoms with Gasteiger partial charge >= 0.3 is 0 Å². The molecule has 1 heterocycles. The van der Waals surface area contributed by atoms with Gasteiger partial charge in [0.25, 0.3) is 17.7 Å². The zero-order valence-corrected chi connectivity index (χ0v) is 18.4. The SMILES string of the molecule is Cc1ccc(NC(=O)c2cccc(NC3=C(Cl)C(=O)N(c4ccccc4Cl)C3=O)c2)cc1. The van der Waals surface area contributed by atoms with Crippen LogP contribution in [0.15, 0.2) is 83.5 Å². The number of halogens is 2. The van der Waals surface area contributed by atoms with Crippen LogP contribution in [0.2, 0.25) is 5.02 Å². The molecule has 3 amide bonds. The second-order valence-corrected chi connectivity index (χ2v) is 7.90. The van der Waals surface area contributed by atoms with E-state index in [1.165, 1.54) is 0 Å². The molecule has 0 fully saturated rings. The zero-order chi connectivity index (χ0) is 22.8. The van der Waals surface area contributed by atoms with Gasteiger partial charge in [0.15, 0.2) is 0 Å². The molecule has 1 aliphatic heterocycles. The molecule has 0 aromatic heterocycles. The molecule has 0 bridgehead atoms. The standard InChI is InChI=1S/C24H17Cl2N3O3/c1-14-9-11-16(12-10-14)28-22(30)15-5-4-6-17(13-15)27-21-20(26)23(31)29(24(21)32)19-8-3-2-7-18(19)25/h2-13,27H,1H3,(H,28,30). The van der Waals surface area contributed by atoms with Gasteiger partial charge in [-0.05, 0) is 49.4 Å². The maximum Gasteiger partial charge on any atom is 0.283 e. The number of hydrogen-bond donors (Lipinski definition) is 2. The Morgan fingerprint density at radius 2 is 1.56 bits per heavy atom. The number of nitrogens with zero attached hydrogens (tertiary/aromatic N) is 1. The van der Waals surface area contributed by atoms with Crippen molar-refractivity contribution in [1.82, 2.24) is 0 Å². The summed E-state index contributed by atoms with van der Waals surface area (Å²) in [5.41, 5.74) is 2.69. The van der Waals surface area contributed by atoms with E-state index in [-0.39, 0.29) is 27.3 Å². The van der Waals surface area contributed by atoms with Gasteiger partial charge in [0.05, 0.1) is 10.7 Å². The van der Waals surface area contributed by atoms with E-state index in [0.29, 0.717) is 16.9 Å². The molecule has 0 atom stereocenters. The van der Waals surface area contributed by atoms with Crippen LogP contribution in [0.1, 0.15) is 15.9 Å². The first-order valence-corrected chi connectivity index (χ1v) is 10.4. The van der Waals surface area contributed by atoms with Crippen LogP contribution in [-0.2, 0) is 9.59 Å². The Balaban J connectivity index is 1.55. The fourth-order valence-electron chi connectivity index (χ4n) is 3.19. The molecular weight excluding hydrogens is 449 g/mol. The van der Waals surface area contributed by atoms with Crippen molar-refractivity contribution in [2.24, 2.45) is 0 Å². The average molecular weight is 466 g/mol. The minimum Gasteiger partial charge on any atom is -0.350 e. The topological polar surface area (TPSA) is 78.5 Å². The van der Waals surface area contributed by atoms with Crippen molar-refractivity contribution in [3.8, 4) is 0 Å². The first-order valence-electron chi connectivity index (χ1n) is 9.63. The summed E-state index contributed by atoms with van der Waals surface area (Å²) in [7, 11) is 0. The summed E-state index contributed by atoms with van der Waals surface area (Å²) in [6, 6.07) is 20.4. The van der Waals surface area contributed by atoms with Crippen molar-refractivity contribution in [2.75, 3.05) is 15.5 Å². The van der Waals surface area contributed by atoms with E-state index >= 15 is 0 Å². The van der Waals surface area contributed by atoms with E-state index in [1.54, 1.807) is 48.5 Å². The van der Waals surface area contributed by atoms with Gasteiger partial charge in [0.2, 0.25) is 0 Å². The molecule has 0 saturated carbocycles. The van der Waals surface area contributed by atoms with Crippen LogP contribution in [0.25, 0.3) is 0 Å². The van der Waals surface area contributed by atoms with Crippen LogP contribution >= 0.6 is 23.2 Å². The molecule has 160 valence electrons. The van der Waals surface area contributed by atoms with Crippen LogP contribution in [0.4, 0.5) is 17.1 Å². The molecule has 0 saturated heterocycles. The van der Waals surface area contributed by atoms with Gasteiger partial charge in [-0.25, -0.2) is 4.90 Å². The monoisotopic (exact) mass is 465 g/mol. The van der Waals surface area contributed by atoms with Gasteiger partial charge in [0.1, 0.15) is 10.7 Å². The number of rotatable bonds is 5. The fourth-order valence-corrected chi connectivity index (χ4v) is 3.62. The molecule has 0 aliphatic carbocycles. The third-order valence-corrected chi connectivity index (χ3v) is 5.49. The Labute approximate surface area is 194 Å². The summed E-state index contributed by atoms with van der Waals surface area (Å²) in [6.07, 6.45) is 0. The Morgan fingerprint density at radius 1 is 0.844 bits per heavy atom. The lowest BCUT2D eigenvalue weighted by molar-refractivity contribution is -0.120. The van der Waals surface area contributed by atoms with Gasteiger partial charge in [-0.15, -0.1) is 0 Å². The van der Waals surface area contributed by atoms with Crippen LogP contribution in [0, 0.1) is 6.92 Å². The summed E-state index contributed by atoms with van der Waals surface area (Å²) in [5.74, 6) is -1.63. The maximum atomic E-state index is 12.9. The normalized spacial score (nSPS) is 13.5. The van der Waals surface area contributed by atoms with Crippen LogP contribution in [-0.4, -0.2) is 17.7 Å². The van der Waals surface area contributed by atoms with Gasteiger partial charge < -0.3 is 10.6 Å². The molecule has 2 N–H and O–H groups in total. The Kier molecular flexibility index (Phi) is 5.99. The summed E-state index contributed by atoms with van der Waals surface area (Å²) in [5, 5.41) is 5.67. The summed E-state index contributed by atoms with van der Waals surface area (Å²) in [4.78, 5) is 39.1. The Morgan fingerprint density at radius 3 is 2.28 bits per heavy atom. The van der Waals surface area contributed by atoms with E-state index in [1.807, 2.05) is 31.2 Å². The van der Waals surface area contributed by atoms with Crippen molar-refractivity contribution in [3.63, 3.8) is 0 Å². The number of benzene rings is 3. The number of carbonyl (C=O) groups excluding carboxylic acids is 3. The minimum absolute atomic E-state index is 0.0901. The van der Waals surface area contributed by atoms with Crippen LogP contribution < -0.4 is 15.5 Å². The highest BCUT2D eigenvalue weighted by Gasteiger charge is 2.39. The fraction of sp³-hybridized carbons (Fsp3) is 0.0417. The van der Waals surface area contributed by atoms with Gasteiger partial charge in [-0.3, -0.25) is 14.4 Å². The van der Waals surface area contributed by atoms with Crippen molar-refractivity contribution < 1.29 is 14.4 Å². The van der Waals surface area contributed by atoms with E-state index in [9.17, 15) is 14.4 Å². The highest BCUT2D eigenvalue weighted by molar-refractivity contribution is 6.53. The zero-order valence-electron chi connectivity index (χ0n) is 16.9. The second kappa shape index (κ2) is 8.86. The molecule has 0 radical (unpaired) electrons. The van der Waals surface area contributed by atoms with Crippen molar-refractivity contribution in [2.45, 2.75) is 6.92 Å². The third kappa shape index (κ3) is 4.23. The van der Waals surface area contributed by atoms with E-state index in [4.69, 9.17) is 23.2 Å². The number of aryl methyl sites for hydroxylation is 1. The number of para-hydroxylation sites is 1. The lowest BCUT2D eigenvalue weighted by Crippen LogP contribution is -2.32. The lowest BCUT2D eigenvalue weighted by Gasteiger charge is -2.16. The molecule has 3 aromatic rings. The van der Waals surface area contributed by atoms with Crippen molar-refractivity contribution >= 4 is 58.0 Å². The van der Waals surface area contributed by atoms with Gasteiger partial charge in [0, 0.05) is 16.9 Å². The smallest absolute Gasteiger partial charge is 0.283 e. The summed E-state index contributed by atoms with van der Waals surface area (Å²) in [6.45, 7) is 1.96. The Bertz CT molecular complexity index is 1270.